The molecule has 1 aliphatic rings. The zero-order valence-electron chi connectivity index (χ0n) is 11.0. The zero-order valence-corrected chi connectivity index (χ0v) is 11.8. The van der Waals surface area contributed by atoms with Crippen molar-refractivity contribution in [3.05, 3.63) is 45.5 Å². The summed E-state index contributed by atoms with van der Waals surface area (Å²) in [6.07, 6.45) is 2.95. The molecule has 6 heteroatoms. The lowest BCUT2D eigenvalue weighted by atomic mass is 10.1. The number of piperidine rings is 1. The molecular formula is C14H16ClN3O2. The van der Waals surface area contributed by atoms with Crippen LogP contribution < -0.4 is 5.56 Å². The summed E-state index contributed by atoms with van der Waals surface area (Å²) in [4.78, 5) is 18.8. The maximum absolute atomic E-state index is 12.1. The van der Waals surface area contributed by atoms with Crippen molar-refractivity contribution in [3.63, 3.8) is 0 Å². The van der Waals surface area contributed by atoms with E-state index >= 15 is 0 Å². The van der Waals surface area contributed by atoms with Crippen LogP contribution in [0.25, 0.3) is 5.65 Å². The lowest BCUT2D eigenvalue weighted by Gasteiger charge is -2.29. The lowest BCUT2D eigenvalue weighted by molar-refractivity contribution is 0.0787. The molecule has 1 fully saturated rings. The third kappa shape index (κ3) is 2.85. The third-order valence-electron chi connectivity index (χ3n) is 3.62. The summed E-state index contributed by atoms with van der Waals surface area (Å²) in [5.74, 6) is 0. The van der Waals surface area contributed by atoms with Gasteiger partial charge in [0.25, 0.3) is 5.56 Å². The van der Waals surface area contributed by atoms with Gasteiger partial charge in [-0.2, -0.15) is 0 Å². The first-order valence-electron chi connectivity index (χ1n) is 6.70. The van der Waals surface area contributed by atoms with Gasteiger partial charge in [-0.05, 0) is 25.0 Å². The Kier molecular flexibility index (Phi) is 3.74. The first-order valence-corrected chi connectivity index (χ1v) is 7.08. The Labute approximate surface area is 121 Å². The molecule has 2 aromatic heterocycles. The minimum atomic E-state index is -0.191. The number of fused-ring (bicyclic) bond motifs is 1. The average Bonchev–Trinajstić information content (AvgIpc) is 2.42. The van der Waals surface area contributed by atoms with Crippen molar-refractivity contribution >= 4 is 17.2 Å². The zero-order chi connectivity index (χ0) is 14.1. The summed E-state index contributed by atoms with van der Waals surface area (Å²) >= 11 is 5.88. The first-order chi connectivity index (χ1) is 9.61. The van der Waals surface area contributed by atoms with Gasteiger partial charge in [0.15, 0.2) is 0 Å². The van der Waals surface area contributed by atoms with E-state index in [1.165, 1.54) is 4.40 Å². The van der Waals surface area contributed by atoms with Crippen molar-refractivity contribution in [1.29, 1.82) is 0 Å². The van der Waals surface area contributed by atoms with Crippen LogP contribution in [0.15, 0.2) is 29.2 Å². The summed E-state index contributed by atoms with van der Waals surface area (Å²) in [6.45, 7) is 2.31. The number of likely N-dealkylation sites (tertiary alicyclic amines) is 1. The molecule has 0 unspecified atom stereocenters. The van der Waals surface area contributed by atoms with Crippen LogP contribution in [-0.4, -0.2) is 38.6 Å². The van der Waals surface area contributed by atoms with E-state index in [2.05, 4.69) is 9.88 Å². The molecule has 2 aromatic rings. The molecule has 0 atom stereocenters. The van der Waals surface area contributed by atoms with Crippen LogP contribution in [0.5, 0.6) is 0 Å². The van der Waals surface area contributed by atoms with E-state index in [0.29, 0.717) is 17.2 Å². The number of rotatable bonds is 2. The number of aromatic nitrogens is 2. The van der Waals surface area contributed by atoms with Crippen LogP contribution >= 0.6 is 11.6 Å². The number of pyridine rings is 1. The van der Waals surface area contributed by atoms with Crippen LogP contribution in [-0.2, 0) is 6.54 Å². The number of aliphatic hydroxyl groups excluding tert-OH is 1. The number of nitrogens with zero attached hydrogens (tertiary/aromatic N) is 3. The van der Waals surface area contributed by atoms with E-state index in [1.54, 1.807) is 24.4 Å². The Morgan fingerprint density at radius 2 is 2.10 bits per heavy atom. The molecule has 106 valence electrons. The van der Waals surface area contributed by atoms with Gasteiger partial charge in [-0.25, -0.2) is 4.98 Å². The third-order valence-corrected chi connectivity index (χ3v) is 3.84. The monoisotopic (exact) mass is 293 g/mol. The van der Waals surface area contributed by atoms with E-state index in [1.807, 2.05) is 0 Å². The van der Waals surface area contributed by atoms with Gasteiger partial charge in [0.1, 0.15) is 5.65 Å². The minimum Gasteiger partial charge on any atom is -0.393 e. The maximum Gasteiger partial charge on any atom is 0.258 e. The fourth-order valence-corrected chi connectivity index (χ4v) is 2.67. The Bertz CT molecular complexity index is 678. The van der Waals surface area contributed by atoms with Gasteiger partial charge in [-0.1, -0.05) is 11.6 Å². The summed E-state index contributed by atoms with van der Waals surface area (Å²) in [6, 6.07) is 5.02. The van der Waals surface area contributed by atoms with Crippen molar-refractivity contribution in [2.75, 3.05) is 13.1 Å². The molecule has 1 N–H and O–H groups in total. The smallest absolute Gasteiger partial charge is 0.258 e. The number of hydrogen-bond donors (Lipinski definition) is 1. The summed E-state index contributed by atoms with van der Waals surface area (Å²) in [7, 11) is 0. The fourth-order valence-electron chi connectivity index (χ4n) is 2.51. The molecule has 0 saturated carbocycles. The van der Waals surface area contributed by atoms with Gasteiger partial charge in [0.05, 0.1) is 16.8 Å². The largest absolute Gasteiger partial charge is 0.393 e. The van der Waals surface area contributed by atoms with Crippen LogP contribution in [0.3, 0.4) is 0 Å². The SMILES string of the molecule is O=c1cc(CN2CCC(O)CC2)nc2ccc(Cl)cn12. The molecule has 20 heavy (non-hydrogen) atoms. The van der Waals surface area contributed by atoms with Gasteiger partial charge < -0.3 is 5.11 Å². The molecule has 0 bridgehead atoms. The second kappa shape index (κ2) is 5.52. The summed E-state index contributed by atoms with van der Waals surface area (Å²) in [5, 5.41) is 10.0. The van der Waals surface area contributed by atoms with E-state index in [0.717, 1.165) is 31.6 Å². The number of aliphatic hydroxyl groups is 1. The van der Waals surface area contributed by atoms with Crippen molar-refractivity contribution < 1.29 is 5.11 Å². The fraction of sp³-hybridized carbons (Fsp3) is 0.429. The maximum atomic E-state index is 12.1. The Balaban J connectivity index is 1.85. The highest BCUT2D eigenvalue weighted by molar-refractivity contribution is 6.30. The van der Waals surface area contributed by atoms with Crippen LogP contribution in [0.1, 0.15) is 18.5 Å². The molecule has 0 aliphatic carbocycles. The second-order valence-corrected chi connectivity index (χ2v) is 5.60. The Morgan fingerprint density at radius 1 is 1.35 bits per heavy atom. The molecule has 0 spiro atoms. The normalized spacial score (nSPS) is 17.7. The van der Waals surface area contributed by atoms with Gasteiger partial charge in [-0.3, -0.25) is 14.1 Å². The van der Waals surface area contributed by atoms with Crippen molar-refractivity contribution in [2.45, 2.75) is 25.5 Å². The molecule has 0 aromatic carbocycles. The molecule has 3 heterocycles. The van der Waals surface area contributed by atoms with E-state index in [4.69, 9.17) is 11.6 Å². The first kappa shape index (κ1) is 13.5. The molecule has 1 saturated heterocycles. The van der Waals surface area contributed by atoms with Crippen LogP contribution in [0, 0.1) is 0 Å². The van der Waals surface area contributed by atoms with Gasteiger partial charge in [-0.15, -0.1) is 0 Å². The van der Waals surface area contributed by atoms with Crippen LogP contribution in [0.2, 0.25) is 5.02 Å². The lowest BCUT2D eigenvalue weighted by Crippen LogP contribution is -2.35. The predicted octanol–water partition coefficient (Wildman–Crippen LogP) is 1.30. The standard InChI is InChI=1S/C14H16ClN3O2/c15-10-1-2-13-16-11(7-14(20)18(13)8-10)9-17-5-3-12(19)4-6-17/h1-2,7-8,12,19H,3-6,9H2. The van der Waals surface area contributed by atoms with E-state index < -0.39 is 0 Å². The van der Waals surface area contributed by atoms with Crippen molar-refractivity contribution in [3.8, 4) is 0 Å². The number of halogens is 1. The quantitative estimate of drug-likeness (QED) is 0.907. The van der Waals surface area contributed by atoms with E-state index in [-0.39, 0.29) is 11.7 Å². The van der Waals surface area contributed by atoms with Gasteiger partial charge >= 0.3 is 0 Å². The molecule has 3 rings (SSSR count). The Hall–Kier alpha value is -1.43. The highest BCUT2D eigenvalue weighted by atomic mass is 35.5. The average molecular weight is 294 g/mol. The predicted molar refractivity (Wildman–Crippen MR) is 77.0 cm³/mol. The highest BCUT2D eigenvalue weighted by Gasteiger charge is 2.17. The molecule has 5 nitrogen and oxygen atoms in total. The topological polar surface area (TPSA) is 57.8 Å². The molecule has 0 amide bonds. The van der Waals surface area contributed by atoms with Gasteiger partial charge in [0.2, 0.25) is 0 Å². The van der Waals surface area contributed by atoms with E-state index in [9.17, 15) is 9.90 Å². The molecular weight excluding hydrogens is 278 g/mol. The summed E-state index contributed by atoms with van der Waals surface area (Å²) < 4.78 is 1.45. The van der Waals surface area contributed by atoms with Gasteiger partial charge in [0, 0.05) is 31.9 Å². The van der Waals surface area contributed by atoms with Crippen LogP contribution in [0.4, 0.5) is 0 Å². The van der Waals surface area contributed by atoms with Crippen molar-refractivity contribution in [1.82, 2.24) is 14.3 Å². The summed E-state index contributed by atoms with van der Waals surface area (Å²) in [5.41, 5.74) is 1.24. The molecule has 0 radical (unpaired) electrons. The highest BCUT2D eigenvalue weighted by Crippen LogP contribution is 2.13. The van der Waals surface area contributed by atoms with Crippen molar-refractivity contribution in [2.24, 2.45) is 0 Å². The minimum absolute atomic E-state index is 0.121. The molecule has 1 aliphatic heterocycles. The second-order valence-electron chi connectivity index (χ2n) is 5.17. The Morgan fingerprint density at radius 3 is 2.85 bits per heavy atom. The number of hydrogen-bond acceptors (Lipinski definition) is 4.